The lowest BCUT2D eigenvalue weighted by Gasteiger charge is -2.32. The second-order valence-corrected chi connectivity index (χ2v) is 8.92. The lowest BCUT2D eigenvalue weighted by molar-refractivity contribution is 0.0170. The van der Waals surface area contributed by atoms with Crippen LogP contribution < -0.4 is 15.4 Å². The monoisotopic (exact) mass is 485 g/mol. The van der Waals surface area contributed by atoms with E-state index in [1.165, 1.54) is 0 Å². The van der Waals surface area contributed by atoms with Crippen LogP contribution in [0.2, 0.25) is 5.02 Å². The largest absolute Gasteiger partial charge is 0.495 e. The van der Waals surface area contributed by atoms with Crippen molar-refractivity contribution in [2.24, 2.45) is 0 Å². The number of fused-ring (bicyclic) bond motifs is 1. The number of hydrogen-bond donors (Lipinski definition) is 2. The number of carbonyl (C=O) groups excluding carboxylic acids is 1. The van der Waals surface area contributed by atoms with Gasteiger partial charge in [0.05, 0.1) is 36.4 Å². The van der Waals surface area contributed by atoms with Crippen LogP contribution in [0.1, 0.15) is 18.3 Å². The first-order chi connectivity index (χ1) is 16.5. The van der Waals surface area contributed by atoms with Crippen LogP contribution in [0.25, 0.3) is 11.0 Å². The van der Waals surface area contributed by atoms with Gasteiger partial charge in [0, 0.05) is 44.8 Å². The number of ether oxygens (including phenoxy) is 2. The van der Waals surface area contributed by atoms with Crippen molar-refractivity contribution in [2.75, 3.05) is 45.8 Å². The van der Waals surface area contributed by atoms with Gasteiger partial charge in [0.15, 0.2) is 0 Å². The van der Waals surface area contributed by atoms with E-state index in [0.29, 0.717) is 22.5 Å². The summed E-state index contributed by atoms with van der Waals surface area (Å²) < 4.78 is 13.1. The number of carbonyl (C=O) groups is 1. The molecule has 1 atom stereocenters. The molecule has 1 saturated heterocycles. The van der Waals surface area contributed by atoms with Crippen LogP contribution >= 0.6 is 11.6 Å². The predicted octanol–water partition coefficient (Wildman–Crippen LogP) is 3.96. The molecule has 34 heavy (non-hydrogen) atoms. The number of urea groups is 1. The molecule has 2 aromatic carbocycles. The molecule has 2 amide bonds. The molecular formula is C25H32ClN5O3. The number of nitrogens with one attached hydrogen (secondary N) is 2. The Morgan fingerprint density at radius 3 is 2.71 bits per heavy atom. The molecule has 4 rings (SSSR count). The Kier molecular flexibility index (Phi) is 7.92. The maximum Gasteiger partial charge on any atom is 0.318 e. The number of hydrogen-bond acceptors (Lipinski definition) is 5. The number of rotatable bonds is 8. The normalized spacial score (nSPS) is 15.3. The van der Waals surface area contributed by atoms with Gasteiger partial charge < -0.3 is 24.7 Å². The van der Waals surface area contributed by atoms with Gasteiger partial charge in [0.1, 0.15) is 11.6 Å². The molecular weight excluding hydrogens is 454 g/mol. The van der Waals surface area contributed by atoms with Gasteiger partial charge in [0.2, 0.25) is 0 Å². The SMILES string of the molecule is CNC(=O)Nc1ccc2c(c1)nc(CCc1ccc(OC)c(Cl)c1)n2C[C@H](C)N1CCOCC1. The standard InChI is InChI=1S/C25H32ClN5O3/c1-17(30-10-12-34-13-11-30)16-31-22-7-6-19(28-25(32)27-2)15-21(22)29-24(31)9-5-18-4-8-23(33-3)20(26)14-18/h4,6-8,14-15,17H,5,9-13,16H2,1-3H3,(H2,27,28,32)/t17-/m0/s1. The van der Waals surface area contributed by atoms with E-state index >= 15 is 0 Å². The number of anilines is 1. The lowest BCUT2D eigenvalue weighted by Crippen LogP contribution is -2.44. The fourth-order valence-corrected chi connectivity index (χ4v) is 4.65. The van der Waals surface area contributed by atoms with E-state index in [4.69, 9.17) is 26.1 Å². The second-order valence-electron chi connectivity index (χ2n) is 8.51. The van der Waals surface area contributed by atoms with Crippen LogP contribution in [0.3, 0.4) is 0 Å². The van der Waals surface area contributed by atoms with Gasteiger partial charge in [-0.3, -0.25) is 4.90 Å². The van der Waals surface area contributed by atoms with Crippen LogP contribution in [-0.4, -0.2) is 67.0 Å². The third kappa shape index (κ3) is 5.63. The topological polar surface area (TPSA) is 80.7 Å². The highest BCUT2D eigenvalue weighted by molar-refractivity contribution is 6.32. The minimum atomic E-state index is -0.253. The van der Waals surface area contributed by atoms with Crippen LogP contribution in [0.15, 0.2) is 36.4 Å². The van der Waals surface area contributed by atoms with Gasteiger partial charge in [-0.05, 0) is 49.2 Å². The number of nitrogens with zero attached hydrogens (tertiary/aromatic N) is 3. The Morgan fingerprint density at radius 2 is 2.00 bits per heavy atom. The van der Waals surface area contributed by atoms with E-state index in [2.05, 4.69) is 27.0 Å². The van der Waals surface area contributed by atoms with Crippen molar-refractivity contribution in [3.8, 4) is 5.75 Å². The summed E-state index contributed by atoms with van der Waals surface area (Å²) in [6, 6.07) is 11.9. The van der Waals surface area contributed by atoms with Crippen LogP contribution in [0.5, 0.6) is 5.75 Å². The number of amides is 2. The highest BCUT2D eigenvalue weighted by Crippen LogP contribution is 2.27. The van der Waals surface area contributed by atoms with Crippen LogP contribution in [0, 0.1) is 0 Å². The fourth-order valence-electron chi connectivity index (χ4n) is 4.37. The molecule has 0 bridgehead atoms. The smallest absolute Gasteiger partial charge is 0.318 e. The van der Waals surface area contributed by atoms with Crippen molar-refractivity contribution >= 4 is 34.4 Å². The zero-order valence-corrected chi connectivity index (χ0v) is 20.7. The lowest BCUT2D eigenvalue weighted by atomic mass is 10.1. The number of aryl methyl sites for hydroxylation is 2. The van der Waals surface area contributed by atoms with Gasteiger partial charge in [0.25, 0.3) is 0 Å². The van der Waals surface area contributed by atoms with E-state index in [1.807, 2.05) is 36.4 Å². The number of imidazole rings is 1. The molecule has 0 aliphatic carbocycles. The molecule has 3 aromatic rings. The molecule has 1 aromatic heterocycles. The number of halogens is 1. The van der Waals surface area contributed by atoms with Crippen molar-refractivity contribution in [3.05, 3.63) is 52.8 Å². The zero-order valence-electron chi connectivity index (χ0n) is 19.9. The van der Waals surface area contributed by atoms with E-state index < -0.39 is 0 Å². The quantitative estimate of drug-likeness (QED) is 0.505. The summed E-state index contributed by atoms with van der Waals surface area (Å²) in [5.41, 5.74) is 3.77. The van der Waals surface area contributed by atoms with Crippen molar-refractivity contribution in [2.45, 2.75) is 32.4 Å². The molecule has 2 heterocycles. The second kappa shape index (κ2) is 11.1. The summed E-state index contributed by atoms with van der Waals surface area (Å²) in [7, 11) is 3.21. The summed E-state index contributed by atoms with van der Waals surface area (Å²) in [6.07, 6.45) is 1.58. The van der Waals surface area contributed by atoms with Crippen molar-refractivity contribution in [1.82, 2.24) is 19.8 Å². The number of aromatic nitrogens is 2. The number of benzene rings is 2. The summed E-state index contributed by atoms with van der Waals surface area (Å²) in [5, 5.41) is 6.02. The van der Waals surface area contributed by atoms with Gasteiger partial charge >= 0.3 is 6.03 Å². The number of morpholine rings is 1. The maximum atomic E-state index is 11.8. The molecule has 8 nitrogen and oxygen atoms in total. The molecule has 2 N–H and O–H groups in total. The molecule has 182 valence electrons. The Balaban J connectivity index is 1.61. The first-order valence-corrected chi connectivity index (χ1v) is 12.0. The molecule has 9 heteroatoms. The molecule has 0 unspecified atom stereocenters. The molecule has 0 saturated carbocycles. The van der Waals surface area contributed by atoms with E-state index in [-0.39, 0.29) is 6.03 Å². The average molecular weight is 486 g/mol. The van der Waals surface area contributed by atoms with Gasteiger partial charge in [-0.15, -0.1) is 0 Å². The number of methoxy groups -OCH3 is 1. The van der Waals surface area contributed by atoms with Crippen molar-refractivity contribution in [1.29, 1.82) is 0 Å². The summed E-state index contributed by atoms with van der Waals surface area (Å²) >= 11 is 6.33. The third-order valence-electron chi connectivity index (χ3n) is 6.28. The van der Waals surface area contributed by atoms with Crippen LogP contribution in [-0.2, 0) is 24.1 Å². The molecule has 1 aliphatic rings. The van der Waals surface area contributed by atoms with Crippen molar-refractivity contribution < 1.29 is 14.3 Å². The minimum absolute atomic E-state index is 0.253. The Hall–Kier alpha value is -2.81. The van der Waals surface area contributed by atoms with E-state index in [9.17, 15) is 4.79 Å². The maximum absolute atomic E-state index is 11.8. The average Bonchev–Trinajstić information content (AvgIpc) is 3.19. The predicted molar refractivity (Wildman–Crippen MR) is 135 cm³/mol. The van der Waals surface area contributed by atoms with E-state index in [0.717, 1.165) is 68.1 Å². The van der Waals surface area contributed by atoms with Crippen LogP contribution in [0.4, 0.5) is 10.5 Å². The summed E-state index contributed by atoms with van der Waals surface area (Å²) in [5.74, 6) is 1.69. The zero-order chi connectivity index (χ0) is 24.1. The fraction of sp³-hybridized carbons (Fsp3) is 0.440. The summed E-state index contributed by atoms with van der Waals surface area (Å²) in [4.78, 5) is 19.2. The Bertz CT molecular complexity index is 1140. The molecule has 1 fully saturated rings. The van der Waals surface area contributed by atoms with Gasteiger partial charge in [-0.25, -0.2) is 9.78 Å². The Labute approximate surface area is 205 Å². The highest BCUT2D eigenvalue weighted by atomic mass is 35.5. The highest BCUT2D eigenvalue weighted by Gasteiger charge is 2.20. The first-order valence-electron chi connectivity index (χ1n) is 11.6. The first kappa shape index (κ1) is 24.3. The third-order valence-corrected chi connectivity index (χ3v) is 6.58. The summed E-state index contributed by atoms with van der Waals surface area (Å²) in [6.45, 7) is 6.51. The van der Waals surface area contributed by atoms with E-state index in [1.54, 1.807) is 14.2 Å². The Morgan fingerprint density at radius 1 is 1.21 bits per heavy atom. The van der Waals surface area contributed by atoms with Gasteiger partial charge in [-0.2, -0.15) is 0 Å². The molecule has 0 spiro atoms. The van der Waals surface area contributed by atoms with Crippen molar-refractivity contribution in [3.63, 3.8) is 0 Å². The van der Waals surface area contributed by atoms with Gasteiger partial charge in [-0.1, -0.05) is 17.7 Å². The minimum Gasteiger partial charge on any atom is -0.495 e. The molecule has 0 radical (unpaired) electrons. The molecule has 1 aliphatic heterocycles.